The van der Waals surface area contributed by atoms with Gasteiger partial charge in [-0.15, -0.1) is 0 Å². The SMILES string of the molecule is CN(C)[C@@H]1CC[C@@H](Oc2nc(N3CC4CCC(C3)N4)c3cc(Cl)c(-c4cc(O)cc5ccccc45)c(F)c3n2)C1. The lowest BCUT2D eigenvalue weighted by Crippen LogP contribution is -2.51. The maximum Gasteiger partial charge on any atom is 0.319 e. The van der Waals surface area contributed by atoms with E-state index in [1.54, 1.807) is 18.2 Å². The molecule has 3 fully saturated rings. The first-order valence-corrected chi connectivity index (χ1v) is 14.5. The normalized spacial score (nSPS) is 24.5. The smallest absolute Gasteiger partial charge is 0.319 e. The summed E-state index contributed by atoms with van der Waals surface area (Å²) in [6.45, 7) is 1.57. The fourth-order valence-corrected chi connectivity index (χ4v) is 7.11. The van der Waals surface area contributed by atoms with Crippen LogP contribution in [0.3, 0.4) is 0 Å². The van der Waals surface area contributed by atoms with Gasteiger partial charge in [0.2, 0.25) is 0 Å². The molecule has 7 nitrogen and oxygen atoms in total. The van der Waals surface area contributed by atoms with E-state index in [9.17, 15) is 5.11 Å². The van der Waals surface area contributed by atoms with Crippen molar-refractivity contribution >= 4 is 39.1 Å². The van der Waals surface area contributed by atoms with Gasteiger partial charge in [0.25, 0.3) is 0 Å². The molecule has 7 rings (SSSR count). The zero-order valence-corrected chi connectivity index (χ0v) is 23.5. The van der Waals surface area contributed by atoms with Gasteiger partial charge in [-0.1, -0.05) is 35.9 Å². The molecule has 4 atom stereocenters. The first-order valence-electron chi connectivity index (χ1n) is 14.1. The number of rotatable bonds is 5. The minimum Gasteiger partial charge on any atom is -0.508 e. The van der Waals surface area contributed by atoms with Gasteiger partial charge < -0.3 is 25.0 Å². The van der Waals surface area contributed by atoms with Crippen LogP contribution in [0.2, 0.25) is 5.02 Å². The third kappa shape index (κ3) is 4.52. The molecule has 1 aliphatic carbocycles. The average Bonchev–Trinajstić information content (AvgIpc) is 3.54. The van der Waals surface area contributed by atoms with Gasteiger partial charge in [-0.05, 0) is 80.7 Å². The minimum atomic E-state index is -0.539. The third-order valence-electron chi connectivity index (χ3n) is 8.83. The van der Waals surface area contributed by atoms with Crippen LogP contribution in [-0.2, 0) is 0 Å². The number of nitrogens with zero attached hydrogens (tertiary/aromatic N) is 4. The Morgan fingerprint density at radius 1 is 1.02 bits per heavy atom. The van der Waals surface area contributed by atoms with E-state index in [4.69, 9.17) is 21.3 Å². The largest absolute Gasteiger partial charge is 0.508 e. The van der Waals surface area contributed by atoms with Gasteiger partial charge in [-0.3, -0.25) is 0 Å². The predicted octanol–water partition coefficient (Wildman–Crippen LogP) is 5.75. The number of halogens is 2. The third-order valence-corrected chi connectivity index (χ3v) is 9.13. The van der Waals surface area contributed by atoms with Crippen molar-refractivity contribution in [2.75, 3.05) is 32.1 Å². The van der Waals surface area contributed by atoms with Crippen LogP contribution in [0.15, 0.2) is 42.5 Å². The number of hydrogen-bond acceptors (Lipinski definition) is 7. The minimum absolute atomic E-state index is 0.0262. The van der Waals surface area contributed by atoms with Crippen molar-refractivity contribution in [3.8, 4) is 22.9 Å². The summed E-state index contributed by atoms with van der Waals surface area (Å²) in [5.74, 6) is 0.167. The quantitative estimate of drug-likeness (QED) is 0.321. The molecule has 1 aromatic heterocycles. The molecule has 3 aromatic carbocycles. The first-order chi connectivity index (χ1) is 19.3. The van der Waals surface area contributed by atoms with Crippen LogP contribution in [0.5, 0.6) is 11.8 Å². The number of benzene rings is 3. The lowest BCUT2D eigenvalue weighted by molar-refractivity contribution is 0.179. The van der Waals surface area contributed by atoms with Crippen molar-refractivity contribution in [1.29, 1.82) is 0 Å². The van der Waals surface area contributed by atoms with Gasteiger partial charge in [0.15, 0.2) is 5.82 Å². The molecule has 2 saturated heterocycles. The molecule has 2 bridgehead atoms. The number of hydrogen-bond donors (Lipinski definition) is 2. The highest BCUT2D eigenvalue weighted by Gasteiger charge is 2.35. The Hall–Kier alpha value is -3.20. The van der Waals surface area contributed by atoms with Crippen LogP contribution < -0.4 is 15.0 Å². The van der Waals surface area contributed by atoms with Crippen molar-refractivity contribution in [1.82, 2.24) is 20.2 Å². The Morgan fingerprint density at radius 3 is 2.55 bits per heavy atom. The fraction of sp³-hybridized carbons (Fsp3) is 0.419. The number of ether oxygens (including phenoxy) is 1. The number of phenolic OH excluding ortho intramolecular Hbond substituents is 1. The number of piperazine rings is 1. The lowest BCUT2D eigenvalue weighted by atomic mass is 9.96. The lowest BCUT2D eigenvalue weighted by Gasteiger charge is -2.34. The highest BCUT2D eigenvalue weighted by molar-refractivity contribution is 6.35. The van der Waals surface area contributed by atoms with Crippen LogP contribution in [0.25, 0.3) is 32.8 Å². The number of aromatic nitrogens is 2. The standard InChI is InChI=1S/C31H33ClFN5O2/c1-37(2)20-9-10-22(12-20)40-31-35-29-25(30(36-31)38-15-18-7-8-19(16-38)34-18)14-26(32)27(28(29)33)24-13-21(39)11-17-5-3-4-6-23(17)24/h3-6,11,13-14,18-20,22,34,39H,7-10,12,15-16H2,1-2H3/t18?,19?,20-,22-/m1/s1. The monoisotopic (exact) mass is 561 g/mol. The Morgan fingerprint density at radius 2 is 1.80 bits per heavy atom. The van der Waals surface area contributed by atoms with Crippen molar-refractivity contribution in [2.45, 2.75) is 56.3 Å². The summed E-state index contributed by atoms with van der Waals surface area (Å²) in [5.41, 5.74) is 0.915. The molecule has 9 heteroatoms. The molecule has 0 spiro atoms. The van der Waals surface area contributed by atoms with Crippen molar-refractivity contribution in [2.24, 2.45) is 0 Å². The van der Waals surface area contributed by atoms with Gasteiger partial charge in [0.05, 0.1) is 5.02 Å². The summed E-state index contributed by atoms with van der Waals surface area (Å²) in [4.78, 5) is 14.0. The summed E-state index contributed by atoms with van der Waals surface area (Å²) in [5, 5.41) is 16.6. The topological polar surface area (TPSA) is 73.8 Å². The van der Waals surface area contributed by atoms with E-state index in [1.165, 1.54) is 0 Å². The molecular weight excluding hydrogens is 529 g/mol. The molecule has 4 aromatic rings. The van der Waals surface area contributed by atoms with Crippen LogP contribution in [0, 0.1) is 5.82 Å². The summed E-state index contributed by atoms with van der Waals surface area (Å²) < 4.78 is 23.1. The second-order valence-corrected chi connectivity index (χ2v) is 12.1. The van der Waals surface area contributed by atoms with Crippen LogP contribution in [-0.4, -0.2) is 71.4 Å². The van der Waals surface area contributed by atoms with E-state index in [2.05, 4.69) is 34.2 Å². The number of anilines is 1. The molecule has 40 heavy (non-hydrogen) atoms. The molecule has 0 amide bonds. The van der Waals surface area contributed by atoms with E-state index < -0.39 is 5.82 Å². The van der Waals surface area contributed by atoms with Crippen molar-refractivity contribution in [3.63, 3.8) is 0 Å². The van der Waals surface area contributed by atoms with Gasteiger partial charge in [0, 0.05) is 42.2 Å². The molecule has 0 radical (unpaired) electrons. The second kappa shape index (κ2) is 10.0. The van der Waals surface area contributed by atoms with Crippen molar-refractivity contribution in [3.05, 3.63) is 53.3 Å². The van der Waals surface area contributed by atoms with Gasteiger partial charge >= 0.3 is 6.01 Å². The number of fused-ring (bicyclic) bond motifs is 4. The van der Waals surface area contributed by atoms with Crippen LogP contribution >= 0.6 is 11.6 Å². The molecule has 1 saturated carbocycles. The number of phenols is 1. The summed E-state index contributed by atoms with van der Waals surface area (Å²) in [6, 6.07) is 14.0. The molecule has 2 N–H and O–H groups in total. The first kappa shape index (κ1) is 25.7. The molecule has 208 valence electrons. The molecule has 2 aliphatic heterocycles. The van der Waals surface area contributed by atoms with Gasteiger partial charge in [0.1, 0.15) is 23.2 Å². The van der Waals surface area contributed by atoms with Gasteiger partial charge in [-0.2, -0.15) is 9.97 Å². The zero-order valence-electron chi connectivity index (χ0n) is 22.7. The van der Waals surface area contributed by atoms with E-state index in [0.717, 1.165) is 56.0 Å². The van der Waals surface area contributed by atoms with Crippen LogP contribution in [0.4, 0.5) is 10.2 Å². The maximum absolute atomic E-state index is 16.7. The molecule has 2 unspecified atom stereocenters. The Balaban J connectivity index is 1.39. The summed E-state index contributed by atoms with van der Waals surface area (Å²) in [7, 11) is 4.17. The van der Waals surface area contributed by atoms with Crippen LogP contribution in [0.1, 0.15) is 32.1 Å². The van der Waals surface area contributed by atoms with E-state index in [0.29, 0.717) is 34.9 Å². The van der Waals surface area contributed by atoms with Crippen molar-refractivity contribution < 1.29 is 14.2 Å². The van der Waals surface area contributed by atoms with Gasteiger partial charge in [-0.25, -0.2) is 4.39 Å². The highest BCUT2D eigenvalue weighted by Crippen LogP contribution is 2.43. The maximum atomic E-state index is 16.7. The summed E-state index contributed by atoms with van der Waals surface area (Å²) in [6.07, 6.45) is 5.03. The molecule has 3 aliphatic rings. The van der Waals surface area contributed by atoms with E-state index >= 15 is 4.39 Å². The Kier molecular flexibility index (Phi) is 6.45. The average molecular weight is 562 g/mol. The highest BCUT2D eigenvalue weighted by atomic mass is 35.5. The predicted molar refractivity (Wildman–Crippen MR) is 157 cm³/mol. The molecular formula is C31H33ClFN5O2. The Bertz CT molecular complexity index is 1600. The molecule has 3 heterocycles. The zero-order chi connectivity index (χ0) is 27.5. The Labute approximate surface area is 237 Å². The van der Waals surface area contributed by atoms with E-state index in [1.807, 2.05) is 24.3 Å². The summed E-state index contributed by atoms with van der Waals surface area (Å²) >= 11 is 6.86. The fourth-order valence-electron chi connectivity index (χ4n) is 6.81. The van der Waals surface area contributed by atoms with E-state index in [-0.39, 0.29) is 34.0 Å². The number of nitrogens with one attached hydrogen (secondary N) is 1. The second-order valence-electron chi connectivity index (χ2n) is 11.7. The number of aromatic hydroxyl groups is 1.